The molecule has 2 aromatic heterocycles. The number of hydrogen-bond acceptors (Lipinski definition) is 5. The molecule has 0 unspecified atom stereocenters. The van der Waals surface area contributed by atoms with E-state index in [1.807, 2.05) is 32.9 Å². The van der Waals surface area contributed by atoms with Crippen LogP contribution in [-0.2, 0) is 11.3 Å². The van der Waals surface area contributed by atoms with E-state index in [9.17, 15) is 4.79 Å². The maximum Gasteiger partial charge on any atom is 0.254 e. The van der Waals surface area contributed by atoms with Crippen molar-refractivity contribution in [1.29, 1.82) is 0 Å². The fourth-order valence-corrected chi connectivity index (χ4v) is 2.78. The molecule has 3 heterocycles. The summed E-state index contributed by atoms with van der Waals surface area (Å²) in [6, 6.07) is 7.25. The number of amides is 1. The number of aromatic nitrogens is 1. The predicted molar refractivity (Wildman–Crippen MR) is 92.5 cm³/mol. The highest BCUT2D eigenvalue weighted by Gasteiger charge is 2.22. The van der Waals surface area contributed by atoms with E-state index in [0.717, 1.165) is 17.9 Å². The van der Waals surface area contributed by atoms with Crippen molar-refractivity contribution in [3.05, 3.63) is 47.5 Å². The van der Waals surface area contributed by atoms with Crippen LogP contribution < -0.4 is 4.74 Å². The van der Waals surface area contributed by atoms with E-state index >= 15 is 0 Å². The van der Waals surface area contributed by atoms with Crippen LogP contribution in [0, 0.1) is 6.92 Å². The minimum absolute atomic E-state index is 0.00477. The summed E-state index contributed by atoms with van der Waals surface area (Å²) < 4.78 is 16.7. The van der Waals surface area contributed by atoms with Gasteiger partial charge in [0.1, 0.15) is 17.6 Å². The van der Waals surface area contributed by atoms with Crippen molar-refractivity contribution in [3.63, 3.8) is 0 Å². The molecule has 1 atom stereocenters. The summed E-state index contributed by atoms with van der Waals surface area (Å²) >= 11 is 0. The standard InChI is InChI=1S/C19H24N2O4/c1-13(2)21(11-16-5-4-14(3)24-16)19(22)15-6-8-20-18(10-15)25-17-7-9-23-12-17/h4-6,8,10,13,17H,7,9,11-12H2,1-3H3/t17-/m1/s1. The Hall–Kier alpha value is -2.34. The lowest BCUT2D eigenvalue weighted by molar-refractivity contribution is 0.0674. The molecule has 2 aromatic rings. The summed E-state index contributed by atoms with van der Waals surface area (Å²) in [6.07, 6.45) is 2.45. The van der Waals surface area contributed by atoms with Gasteiger partial charge in [-0.2, -0.15) is 0 Å². The van der Waals surface area contributed by atoms with Gasteiger partial charge in [0.05, 0.1) is 19.8 Å². The smallest absolute Gasteiger partial charge is 0.254 e. The lowest BCUT2D eigenvalue weighted by Crippen LogP contribution is -2.36. The topological polar surface area (TPSA) is 64.8 Å². The first-order chi connectivity index (χ1) is 12.0. The molecule has 3 rings (SSSR count). The van der Waals surface area contributed by atoms with Crippen LogP contribution in [0.5, 0.6) is 5.88 Å². The van der Waals surface area contributed by atoms with Crippen molar-refractivity contribution in [1.82, 2.24) is 9.88 Å². The third-order valence-corrected chi connectivity index (χ3v) is 4.16. The van der Waals surface area contributed by atoms with Crippen molar-refractivity contribution in [3.8, 4) is 5.88 Å². The Morgan fingerprint density at radius 1 is 1.40 bits per heavy atom. The Labute approximate surface area is 147 Å². The Bertz CT molecular complexity index is 720. The molecule has 25 heavy (non-hydrogen) atoms. The molecular formula is C19H24N2O4. The van der Waals surface area contributed by atoms with Gasteiger partial charge in [-0.15, -0.1) is 0 Å². The zero-order valence-corrected chi connectivity index (χ0v) is 14.9. The van der Waals surface area contributed by atoms with E-state index in [-0.39, 0.29) is 18.1 Å². The van der Waals surface area contributed by atoms with Gasteiger partial charge in [-0.1, -0.05) is 0 Å². The van der Waals surface area contributed by atoms with Crippen LogP contribution in [0.4, 0.5) is 0 Å². The molecule has 1 fully saturated rings. The molecule has 1 aliphatic heterocycles. The summed E-state index contributed by atoms with van der Waals surface area (Å²) in [4.78, 5) is 18.9. The fourth-order valence-electron chi connectivity index (χ4n) is 2.78. The van der Waals surface area contributed by atoms with E-state index in [2.05, 4.69) is 4.98 Å². The van der Waals surface area contributed by atoms with Gasteiger partial charge in [-0.25, -0.2) is 4.98 Å². The largest absolute Gasteiger partial charge is 0.472 e. The van der Waals surface area contributed by atoms with E-state index in [4.69, 9.17) is 13.9 Å². The van der Waals surface area contributed by atoms with Crippen LogP contribution in [0.15, 0.2) is 34.9 Å². The summed E-state index contributed by atoms with van der Waals surface area (Å²) in [5.41, 5.74) is 0.556. The molecule has 0 radical (unpaired) electrons. The van der Waals surface area contributed by atoms with Crippen LogP contribution in [0.1, 0.15) is 42.1 Å². The van der Waals surface area contributed by atoms with E-state index in [1.165, 1.54) is 0 Å². The van der Waals surface area contributed by atoms with Crippen LogP contribution in [0.2, 0.25) is 0 Å². The van der Waals surface area contributed by atoms with Crippen molar-refractivity contribution in [2.75, 3.05) is 13.2 Å². The normalized spacial score (nSPS) is 17.0. The molecule has 1 saturated heterocycles. The molecule has 134 valence electrons. The molecular weight excluding hydrogens is 320 g/mol. The zero-order valence-electron chi connectivity index (χ0n) is 14.9. The highest BCUT2D eigenvalue weighted by atomic mass is 16.5. The molecule has 1 amide bonds. The SMILES string of the molecule is Cc1ccc(CN(C(=O)c2ccnc(O[C@@H]3CCOC3)c2)C(C)C)o1. The second-order valence-corrected chi connectivity index (χ2v) is 6.53. The number of rotatable bonds is 6. The number of furan rings is 1. The molecule has 0 saturated carbocycles. The third-order valence-electron chi connectivity index (χ3n) is 4.16. The van der Waals surface area contributed by atoms with Gasteiger partial charge in [0.25, 0.3) is 5.91 Å². The van der Waals surface area contributed by atoms with Crippen molar-refractivity contribution in [2.45, 2.75) is 45.9 Å². The van der Waals surface area contributed by atoms with Gasteiger partial charge in [0.15, 0.2) is 0 Å². The monoisotopic (exact) mass is 344 g/mol. The van der Waals surface area contributed by atoms with E-state index in [1.54, 1.807) is 23.2 Å². The highest BCUT2D eigenvalue weighted by molar-refractivity contribution is 5.94. The van der Waals surface area contributed by atoms with Crippen LogP contribution in [0.25, 0.3) is 0 Å². The van der Waals surface area contributed by atoms with Gasteiger partial charge in [-0.3, -0.25) is 4.79 Å². The Kier molecular flexibility index (Phi) is 5.38. The minimum Gasteiger partial charge on any atom is -0.472 e. The minimum atomic E-state index is -0.0704. The number of hydrogen-bond donors (Lipinski definition) is 0. The zero-order chi connectivity index (χ0) is 17.8. The molecule has 0 spiro atoms. The predicted octanol–water partition coefficient (Wildman–Crippen LogP) is 3.20. The van der Waals surface area contributed by atoms with Gasteiger partial charge < -0.3 is 18.8 Å². The molecule has 6 nitrogen and oxygen atoms in total. The van der Waals surface area contributed by atoms with Gasteiger partial charge in [0, 0.05) is 30.3 Å². The Morgan fingerprint density at radius 2 is 2.24 bits per heavy atom. The number of nitrogens with zero attached hydrogens (tertiary/aromatic N) is 2. The number of aryl methyl sites for hydroxylation is 1. The van der Waals surface area contributed by atoms with Gasteiger partial charge in [-0.05, 0) is 39.0 Å². The molecule has 6 heteroatoms. The van der Waals surface area contributed by atoms with E-state index < -0.39 is 0 Å². The first-order valence-electron chi connectivity index (χ1n) is 8.59. The van der Waals surface area contributed by atoms with Crippen LogP contribution in [-0.4, -0.2) is 41.2 Å². The van der Waals surface area contributed by atoms with Crippen molar-refractivity contribution < 1.29 is 18.7 Å². The molecule has 0 bridgehead atoms. The molecule has 1 aliphatic rings. The summed E-state index contributed by atoms with van der Waals surface area (Å²) in [5, 5.41) is 0. The third kappa shape index (κ3) is 4.39. The molecule has 0 N–H and O–H groups in total. The van der Waals surface area contributed by atoms with Crippen molar-refractivity contribution in [2.24, 2.45) is 0 Å². The lowest BCUT2D eigenvalue weighted by atomic mass is 10.2. The lowest BCUT2D eigenvalue weighted by Gasteiger charge is -2.26. The Balaban J connectivity index is 1.74. The molecule has 0 aromatic carbocycles. The Morgan fingerprint density at radius 3 is 2.88 bits per heavy atom. The molecule has 0 aliphatic carbocycles. The second kappa shape index (κ2) is 7.70. The fraction of sp³-hybridized carbons (Fsp3) is 0.474. The maximum atomic E-state index is 13.0. The second-order valence-electron chi connectivity index (χ2n) is 6.53. The first kappa shape index (κ1) is 17.5. The van der Waals surface area contributed by atoms with Gasteiger partial charge >= 0.3 is 0 Å². The average molecular weight is 344 g/mol. The van der Waals surface area contributed by atoms with E-state index in [0.29, 0.717) is 31.2 Å². The first-order valence-corrected chi connectivity index (χ1v) is 8.59. The number of pyridine rings is 1. The highest BCUT2D eigenvalue weighted by Crippen LogP contribution is 2.19. The number of carbonyl (C=O) groups is 1. The number of ether oxygens (including phenoxy) is 2. The van der Waals surface area contributed by atoms with Crippen LogP contribution in [0.3, 0.4) is 0 Å². The van der Waals surface area contributed by atoms with Gasteiger partial charge in [0.2, 0.25) is 5.88 Å². The average Bonchev–Trinajstić information content (AvgIpc) is 3.24. The van der Waals surface area contributed by atoms with Crippen molar-refractivity contribution >= 4 is 5.91 Å². The maximum absolute atomic E-state index is 13.0. The summed E-state index contributed by atoms with van der Waals surface area (Å²) in [6.45, 7) is 7.57. The summed E-state index contributed by atoms with van der Waals surface area (Å²) in [7, 11) is 0. The summed E-state index contributed by atoms with van der Waals surface area (Å²) in [5.74, 6) is 2.00. The van der Waals surface area contributed by atoms with Crippen LogP contribution >= 0.6 is 0 Å². The quantitative estimate of drug-likeness (QED) is 0.805. The number of carbonyl (C=O) groups excluding carboxylic acids is 1.